The highest BCUT2D eigenvalue weighted by atomic mass is 35.5. The second-order valence-electron chi connectivity index (χ2n) is 5.31. The molecule has 19 heavy (non-hydrogen) atoms. The molecule has 0 saturated carbocycles. The third kappa shape index (κ3) is 4.72. The zero-order valence-electron chi connectivity index (χ0n) is 11.7. The van der Waals surface area contributed by atoms with Crippen molar-refractivity contribution >= 4 is 11.6 Å². The van der Waals surface area contributed by atoms with E-state index >= 15 is 0 Å². The molecule has 1 heteroatoms. The minimum atomic E-state index is 0.211. The molecule has 0 aliphatic rings. The van der Waals surface area contributed by atoms with Gasteiger partial charge in [-0.2, -0.15) is 0 Å². The smallest absolute Gasteiger partial charge is 0.0379 e. The Balaban J connectivity index is 1.84. The van der Waals surface area contributed by atoms with E-state index in [2.05, 4.69) is 62.4 Å². The predicted octanol–water partition coefficient (Wildman–Crippen LogP) is 5.09. The number of rotatable bonds is 5. The number of halogens is 1. The van der Waals surface area contributed by atoms with Crippen molar-refractivity contribution in [1.82, 2.24) is 0 Å². The van der Waals surface area contributed by atoms with Crippen LogP contribution in [0.15, 0.2) is 48.5 Å². The van der Waals surface area contributed by atoms with Crippen molar-refractivity contribution in [2.75, 3.05) is 0 Å². The molecular formula is C18H21Cl. The summed E-state index contributed by atoms with van der Waals surface area (Å²) in [6.07, 6.45) is 3.04. The molecule has 0 nitrogen and oxygen atoms in total. The van der Waals surface area contributed by atoms with Gasteiger partial charge in [0.2, 0.25) is 0 Å². The molecule has 0 N–H and O–H groups in total. The van der Waals surface area contributed by atoms with Gasteiger partial charge >= 0.3 is 0 Å². The van der Waals surface area contributed by atoms with Crippen LogP contribution in [0.5, 0.6) is 0 Å². The molecule has 0 aromatic heterocycles. The van der Waals surface area contributed by atoms with Crippen molar-refractivity contribution in [3.05, 3.63) is 70.8 Å². The van der Waals surface area contributed by atoms with Crippen molar-refractivity contribution in [2.45, 2.75) is 38.5 Å². The van der Waals surface area contributed by atoms with Gasteiger partial charge in [-0.25, -0.2) is 0 Å². The van der Waals surface area contributed by atoms with Gasteiger partial charge in [0.25, 0.3) is 0 Å². The maximum atomic E-state index is 6.45. The van der Waals surface area contributed by atoms with Gasteiger partial charge < -0.3 is 0 Å². The standard InChI is InChI=1S/C18H21Cl/c1-14-6-8-16(9-7-14)10-11-18(19)13-17-5-3-4-15(2)12-17/h3-9,12,18H,10-11,13H2,1-2H3. The van der Waals surface area contributed by atoms with E-state index in [-0.39, 0.29) is 5.38 Å². The lowest BCUT2D eigenvalue weighted by Gasteiger charge is -2.10. The summed E-state index contributed by atoms with van der Waals surface area (Å²) < 4.78 is 0. The molecule has 2 rings (SSSR count). The Morgan fingerprint density at radius 1 is 0.895 bits per heavy atom. The molecule has 0 aliphatic carbocycles. The number of alkyl halides is 1. The van der Waals surface area contributed by atoms with Crippen LogP contribution in [-0.2, 0) is 12.8 Å². The summed E-state index contributed by atoms with van der Waals surface area (Å²) in [7, 11) is 0. The molecule has 1 atom stereocenters. The van der Waals surface area contributed by atoms with Crippen LogP contribution in [0.2, 0.25) is 0 Å². The largest absolute Gasteiger partial charge is 0.123 e. The molecule has 2 aromatic rings. The van der Waals surface area contributed by atoms with Crippen molar-refractivity contribution in [3.8, 4) is 0 Å². The number of hydrogen-bond donors (Lipinski definition) is 0. The summed E-state index contributed by atoms with van der Waals surface area (Å²) in [4.78, 5) is 0. The first-order chi connectivity index (χ1) is 9.13. The average Bonchev–Trinajstić information content (AvgIpc) is 2.38. The van der Waals surface area contributed by atoms with Crippen molar-refractivity contribution in [3.63, 3.8) is 0 Å². The van der Waals surface area contributed by atoms with E-state index in [0.29, 0.717) is 0 Å². The monoisotopic (exact) mass is 272 g/mol. The SMILES string of the molecule is Cc1ccc(CCC(Cl)Cc2cccc(C)c2)cc1. The molecule has 0 saturated heterocycles. The Morgan fingerprint density at radius 3 is 2.32 bits per heavy atom. The summed E-state index contributed by atoms with van der Waals surface area (Å²) in [6.45, 7) is 4.24. The van der Waals surface area contributed by atoms with Gasteiger partial charge in [0.15, 0.2) is 0 Å². The van der Waals surface area contributed by atoms with Gasteiger partial charge in [-0.1, -0.05) is 59.7 Å². The Morgan fingerprint density at radius 2 is 1.63 bits per heavy atom. The first kappa shape index (κ1) is 14.1. The lowest BCUT2D eigenvalue weighted by atomic mass is 10.0. The lowest BCUT2D eigenvalue weighted by Crippen LogP contribution is -2.05. The molecule has 1 unspecified atom stereocenters. The van der Waals surface area contributed by atoms with E-state index < -0.39 is 0 Å². The molecular weight excluding hydrogens is 252 g/mol. The molecule has 0 amide bonds. The number of aryl methyl sites for hydroxylation is 3. The molecule has 2 aromatic carbocycles. The van der Waals surface area contributed by atoms with Crippen molar-refractivity contribution in [2.24, 2.45) is 0 Å². The normalized spacial score (nSPS) is 12.4. The third-order valence-electron chi connectivity index (χ3n) is 3.41. The van der Waals surface area contributed by atoms with E-state index in [0.717, 1.165) is 19.3 Å². The van der Waals surface area contributed by atoms with E-state index in [1.54, 1.807) is 0 Å². The van der Waals surface area contributed by atoms with E-state index in [1.807, 2.05) is 0 Å². The highest BCUT2D eigenvalue weighted by Gasteiger charge is 2.06. The molecule has 0 spiro atoms. The van der Waals surface area contributed by atoms with Crippen LogP contribution < -0.4 is 0 Å². The molecule has 0 aliphatic heterocycles. The van der Waals surface area contributed by atoms with Gasteiger partial charge in [-0.15, -0.1) is 11.6 Å². The fourth-order valence-corrected chi connectivity index (χ4v) is 2.56. The van der Waals surface area contributed by atoms with Gasteiger partial charge in [0.1, 0.15) is 0 Å². The van der Waals surface area contributed by atoms with Crippen LogP contribution in [0.3, 0.4) is 0 Å². The van der Waals surface area contributed by atoms with Crippen LogP contribution in [0.25, 0.3) is 0 Å². The Hall–Kier alpha value is -1.27. The zero-order valence-corrected chi connectivity index (χ0v) is 12.5. The Bertz CT molecular complexity index is 513. The Labute approximate surface area is 121 Å². The summed E-state index contributed by atoms with van der Waals surface area (Å²) in [5, 5.41) is 0.211. The van der Waals surface area contributed by atoms with E-state index in [9.17, 15) is 0 Å². The summed E-state index contributed by atoms with van der Waals surface area (Å²) in [5.41, 5.74) is 5.33. The van der Waals surface area contributed by atoms with Crippen LogP contribution in [0.1, 0.15) is 28.7 Å². The lowest BCUT2D eigenvalue weighted by molar-refractivity contribution is 0.743. The van der Waals surface area contributed by atoms with Gasteiger partial charge in [-0.05, 0) is 44.2 Å². The van der Waals surface area contributed by atoms with Gasteiger partial charge in [0.05, 0.1) is 0 Å². The highest BCUT2D eigenvalue weighted by molar-refractivity contribution is 6.20. The molecule has 0 heterocycles. The summed E-state index contributed by atoms with van der Waals surface area (Å²) >= 11 is 6.45. The van der Waals surface area contributed by atoms with Crippen molar-refractivity contribution in [1.29, 1.82) is 0 Å². The number of hydrogen-bond acceptors (Lipinski definition) is 0. The van der Waals surface area contributed by atoms with Crippen LogP contribution >= 0.6 is 11.6 Å². The average molecular weight is 273 g/mol. The second kappa shape index (κ2) is 6.77. The molecule has 0 radical (unpaired) electrons. The van der Waals surface area contributed by atoms with Gasteiger partial charge in [-0.3, -0.25) is 0 Å². The third-order valence-corrected chi connectivity index (χ3v) is 3.78. The fourth-order valence-electron chi connectivity index (χ4n) is 2.27. The second-order valence-corrected chi connectivity index (χ2v) is 5.93. The maximum absolute atomic E-state index is 6.45. The minimum Gasteiger partial charge on any atom is -0.123 e. The molecule has 100 valence electrons. The first-order valence-electron chi connectivity index (χ1n) is 6.88. The first-order valence-corrected chi connectivity index (χ1v) is 7.32. The molecule has 0 fully saturated rings. The van der Waals surface area contributed by atoms with Crippen LogP contribution in [-0.4, -0.2) is 5.38 Å². The summed E-state index contributed by atoms with van der Waals surface area (Å²) in [6, 6.07) is 17.3. The predicted molar refractivity (Wildman–Crippen MR) is 84.0 cm³/mol. The maximum Gasteiger partial charge on any atom is 0.0379 e. The van der Waals surface area contributed by atoms with E-state index in [1.165, 1.54) is 22.3 Å². The molecule has 0 bridgehead atoms. The summed E-state index contributed by atoms with van der Waals surface area (Å²) in [5.74, 6) is 0. The topological polar surface area (TPSA) is 0 Å². The van der Waals surface area contributed by atoms with Crippen LogP contribution in [0, 0.1) is 13.8 Å². The zero-order chi connectivity index (χ0) is 13.7. The Kier molecular flexibility index (Phi) is 5.04. The van der Waals surface area contributed by atoms with Crippen LogP contribution in [0.4, 0.5) is 0 Å². The van der Waals surface area contributed by atoms with Crippen molar-refractivity contribution < 1.29 is 0 Å². The fraction of sp³-hybridized carbons (Fsp3) is 0.333. The van der Waals surface area contributed by atoms with E-state index in [4.69, 9.17) is 11.6 Å². The highest BCUT2D eigenvalue weighted by Crippen LogP contribution is 2.16. The number of benzene rings is 2. The minimum absolute atomic E-state index is 0.211. The van der Waals surface area contributed by atoms with Gasteiger partial charge in [0, 0.05) is 5.38 Å². The quantitative estimate of drug-likeness (QED) is 0.666.